The molecule has 9 unspecified atom stereocenters. The minimum absolute atomic E-state index is 0.0690. The molecular formula is C37H59NO14. The van der Waals surface area contributed by atoms with E-state index in [1.165, 1.54) is 0 Å². The first-order valence-corrected chi connectivity index (χ1v) is 18.1. The van der Waals surface area contributed by atoms with E-state index in [-0.39, 0.29) is 31.3 Å². The predicted octanol–water partition coefficient (Wildman–Crippen LogP) is 0.714. The Kier molecular flexibility index (Phi) is 17.5. The van der Waals surface area contributed by atoms with Crippen molar-refractivity contribution in [1.29, 1.82) is 0 Å². The second kappa shape index (κ2) is 20.8. The van der Waals surface area contributed by atoms with Gasteiger partial charge in [-0.25, -0.2) is 0 Å². The SMILES string of the molecule is CC(C)C1CCC\C=C/C=C/C=C/C=C/C(O[C@@H]2O[C@H](C)[C@@H](O)[C@H](N)[C@@H]2O)CC2OC(O)(CC(O)CC(O)C(O)CCC(=O)O1)CC(O)C2C(=O)O. The number of esters is 1. The maximum Gasteiger partial charge on any atom is 0.311 e. The molecule has 0 aromatic rings. The van der Waals surface area contributed by atoms with E-state index >= 15 is 0 Å². The molecule has 2 fully saturated rings. The van der Waals surface area contributed by atoms with Crippen LogP contribution in [0.3, 0.4) is 0 Å². The van der Waals surface area contributed by atoms with Gasteiger partial charge in [0.15, 0.2) is 12.1 Å². The zero-order valence-electron chi connectivity index (χ0n) is 30.2. The van der Waals surface area contributed by atoms with Crippen molar-refractivity contribution in [3.8, 4) is 0 Å². The van der Waals surface area contributed by atoms with Crippen molar-refractivity contribution in [2.75, 3.05) is 0 Å². The van der Waals surface area contributed by atoms with E-state index in [4.69, 9.17) is 24.7 Å². The van der Waals surface area contributed by atoms with Gasteiger partial charge in [0.1, 0.15) is 18.1 Å². The Morgan fingerprint density at radius 1 is 0.923 bits per heavy atom. The van der Waals surface area contributed by atoms with Gasteiger partial charge in [0.05, 0.1) is 54.9 Å². The molecule has 0 saturated carbocycles. The molecule has 52 heavy (non-hydrogen) atoms. The fraction of sp³-hybridized carbons (Fsp3) is 0.730. The van der Waals surface area contributed by atoms with E-state index in [0.717, 1.165) is 12.8 Å². The summed E-state index contributed by atoms with van der Waals surface area (Å²) in [5.41, 5.74) is 5.99. The van der Waals surface area contributed by atoms with Crippen LogP contribution in [0.1, 0.15) is 78.6 Å². The summed E-state index contributed by atoms with van der Waals surface area (Å²) in [7, 11) is 0. The monoisotopic (exact) mass is 741 g/mol. The lowest BCUT2D eigenvalue weighted by Gasteiger charge is -2.45. The number of carboxylic acid groups (broad SMARTS) is 1. The minimum Gasteiger partial charge on any atom is -0.481 e. The zero-order chi connectivity index (χ0) is 38.6. The Hall–Kier alpha value is -2.54. The Morgan fingerprint density at radius 2 is 1.60 bits per heavy atom. The molecule has 15 nitrogen and oxygen atoms in total. The molecule has 10 N–H and O–H groups in total. The van der Waals surface area contributed by atoms with Gasteiger partial charge < -0.3 is 65.5 Å². The standard InChI is InChI=1S/C37H59NO14/c1-21(2)28-14-12-10-8-6-4-5-7-9-11-13-24(50-36-34(45)32(38)33(44)22(3)49-36)18-29-31(35(46)47)27(42)20-37(48,52-29)19-23(39)17-26(41)25(40)15-16-30(43)51-28/h4-9,11,13,21-29,31-34,36,39-42,44-45,48H,10,12,14-20,38H2,1-3H3,(H,46,47)/b5-4+,8-6-,9-7+,13-11+/t22-,23?,24?,25?,26?,27?,28?,29?,31?,32+,33-,34+,36+,37?/m1/s1. The molecule has 2 bridgehead atoms. The summed E-state index contributed by atoms with van der Waals surface area (Å²) in [4.78, 5) is 24.9. The molecular weight excluding hydrogens is 682 g/mol. The lowest BCUT2D eigenvalue weighted by atomic mass is 9.82. The van der Waals surface area contributed by atoms with Crippen molar-refractivity contribution in [2.45, 2.75) is 158 Å². The van der Waals surface area contributed by atoms with Crippen molar-refractivity contribution in [1.82, 2.24) is 0 Å². The van der Waals surface area contributed by atoms with Gasteiger partial charge in [-0.15, -0.1) is 0 Å². The highest BCUT2D eigenvalue weighted by Gasteiger charge is 2.51. The first kappa shape index (κ1) is 43.9. The normalized spacial score (nSPS) is 43.5. The number of carboxylic acids is 1. The van der Waals surface area contributed by atoms with Crippen molar-refractivity contribution in [3.05, 3.63) is 48.6 Å². The quantitative estimate of drug-likeness (QED) is 0.180. The van der Waals surface area contributed by atoms with Crippen LogP contribution in [-0.2, 0) is 28.5 Å². The van der Waals surface area contributed by atoms with E-state index in [1.807, 2.05) is 32.1 Å². The molecule has 0 aromatic heterocycles. The summed E-state index contributed by atoms with van der Waals surface area (Å²) in [6, 6.07) is -1.11. The van der Waals surface area contributed by atoms with Crippen LogP contribution in [0.5, 0.6) is 0 Å². The highest BCUT2D eigenvalue weighted by Crippen LogP contribution is 2.38. The van der Waals surface area contributed by atoms with Gasteiger partial charge in [0.25, 0.3) is 0 Å². The largest absolute Gasteiger partial charge is 0.481 e. The summed E-state index contributed by atoms with van der Waals surface area (Å²) in [5.74, 6) is -5.65. The number of rotatable bonds is 4. The molecule has 296 valence electrons. The summed E-state index contributed by atoms with van der Waals surface area (Å²) < 4.78 is 23.2. The molecule has 0 radical (unpaired) electrons. The molecule has 15 heteroatoms. The van der Waals surface area contributed by atoms with Crippen molar-refractivity contribution in [2.24, 2.45) is 17.6 Å². The number of cyclic esters (lactones) is 1. The van der Waals surface area contributed by atoms with Gasteiger partial charge in [-0.2, -0.15) is 0 Å². The summed E-state index contributed by atoms with van der Waals surface area (Å²) in [6.45, 7) is 5.45. The summed E-state index contributed by atoms with van der Waals surface area (Å²) >= 11 is 0. The van der Waals surface area contributed by atoms with Crippen LogP contribution in [0.2, 0.25) is 0 Å². The Bertz CT molecular complexity index is 1240. The van der Waals surface area contributed by atoms with Crippen molar-refractivity contribution >= 4 is 11.9 Å². The molecule has 3 rings (SSSR count). The van der Waals surface area contributed by atoms with Crippen molar-refractivity contribution in [3.63, 3.8) is 0 Å². The van der Waals surface area contributed by atoms with E-state index in [0.29, 0.717) is 6.42 Å². The second-order valence-electron chi connectivity index (χ2n) is 14.5. The topological polar surface area (TPSA) is 259 Å². The highest BCUT2D eigenvalue weighted by molar-refractivity contribution is 5.71. The molecule has 2 saturated heterocycles. The molecule has 0 aliphatic carbocycles. The molecule has 0 amide bonds. The van der Waals surface area contributed by atoms with E-state index in [1.54, 1.807) is 37.3 Å². The minimum atomic E-state index is -2.25. The molecule has 14 atom stereocenters. The number of aliphatic carboxylic acids is 1. The summed E-state index contributed by atoms with van der Waals surface area (Å²) in [6.07, 6.45) is 0.558. The average molecular weight is 742 g/mol. The number of hydrogen-bond donors (Lipinski definition) is 9. The Labute approximate surface area is 305 Å². The maximum absolute atomic E-state index is 12.6. The number of allylic oxidation sites excluding steroid dienone is 7. The number of fused-ring (bicyclic) bond motifs is 2. The van der Waals surface area contributed by atoms with Crippen LogP contribution in [0.4, 0.5) is 0 Å². The first-order chi connectivity index (χ1) is 24.5. The van der Waals surface area contributed by atoms with Gasteiger partial charge >= 0.3 is 11.9 Å². The number of aliphatic hydroxyl groups excluding tert-OH is 6. The van der Waals surface area contributed by atoms with Crippen LogP contribution in [0, 0.1) is 11.8 Å². The number of aliphatic hydroxyl groups is 7. The third-order valence-corrected chi connectivity index (χ3v) is 9.73. The van der Waals surface area contributed by atoms with Crippen LogP contribution in [0.25, 0.3) is 0 Å². The van der Waals surface area contributed by atoms with Gasteiger partial charge in [-0.1, -0.05) is 62.5 Å². The Morgan fingerprint density at radius 3 is 2.27 bits per heavy atom. The fourth-order valence-corrected chi connectivity index (χ4v) is 6.67. The first-order valence-electron chi connectivity index (χ1n) is 18.1. The molecule has 3 aliphatic heterocycles. The molecule has 0 spiro atoms. The van der Waals surface area contributed by atoms with Gasteiger partial charge in [-0.3, -0.25) is 9.59 Å². The van der Waals surface area contributed by atoms with Crippen molar-refractivity contribution < 1.29 is 69.4 Å². The number of carbonyl (C=O) groups excluding carboxylic acids is 1. The maximum atomic E-state index is 12.6. The number of hydrogen-bond acceptors (Lipinski definition) is 14. The Balaban J connectivity index is 1.88. The number of carbonyl (C=O) groups is 2. The van der Waals surface area contributed by atoms with Crippen LogP contribution in [0.15, 0.2) is 48.6 Å². The van der Waals surface area contributed by atoms with Gasteiger partial charge in [-0.05, 0) is 38.5 Å². The second-order valence-corrected chi connectivity index (χ2v) is 14.5. The fourth-order valence-electron chi connectivity index (χ4n) is 6.67. The van der Waals surface area contributed by atoms with Crippen LogP contribution in [-0.4, -0.2) is 132 Å². The van der Waals surface area contributed by atoms with E-state index in [2.05, 4.69) is 0 Å². The lowest BCUT2D eigenvalue weighted by molar-refractivity contribution is -0.308. The van der Waals surface area contributed by atoms with Gasteiger partial charge in [0, 0.05) is 32.1 Å². The molecule has 3 heterocycles. The van der Waals surface area contributed by atoms with Crippen LogP contribution < -0.4 is 5.73 Å². The number of nitrogens with two attached hydrogens (primary N) is 1. The van der Waals surface area contributed by atoms with Crippen LogP contribution >= 0.6 is 0 Å². The molecule has 3 aliphatic rings. The highest BCUT2D eigenvalue weighted by atomic mass is 16.7. The average Bonchev–Trinajstić information content (AvgIpc) is 3.05. The van der Waals surface area contributed by atoms with E-state index < -0.39 is 110 Å². The lowest BCUT2D eigenvalue weighted by Crippen LogP contribution is -2.61. The number of ether oxygens (including phenoxy) is 4. The predicted molar refractivity (Wildman–Crippen MR) is 187 cm³/mol. The smallest absolute Gasteiger partial charge is 0.311 e. The summed E-state index contributed by atoms with van der Waals surface area (Å²) in [5, 5.41) is 85.4. The third-order valence-electron chi connectivity index (χ3n) is 9.73. The zero-order valence-corrected chi connectivity index (χ0v) is 30.2. The van der Waals surface area contributed by atoms with E-state index in [9.17, 15) is 50.4 Å². The van der Waals surface area contributed by atoms with Gasteiger partial charge in [0.2, 0.25) is 0 Å². The third kappa shape index (κ3) is 13.4. The molecule has 0 aromatic carbocycles.